The van der Waals surface area contributed by atoms with Crippen molar-refractivity contribution >= 4 is 17.7 Å². The van der Waals surface area contributed by atoms with Crippen LogP contribution in [0, 0.1) is 11.3 Å². The minimum absolute atomic E-state index is 0.0372. The number of hydrogen-bond acceptors (Lipinski definition) is 4. The monoisotopic (exact) mass is 292 g/mol. The minimum Gasteiger partial charge on any atom is -0.396 e. The number of nitrogens with zero attached hydrogens (tertiary/aromatic N) is 1. The molecular weight excluding hydrogens is 272 g/mol. The molecule has 4 nitrogen and oxygen atoms in total. The first kappa shape index (κ1) is 16.5. The summed E-state index contributed by atoms with van der Waals surface area (Å²) in [5.41, 5.74) is 0.157. The quantitative estimate of drug-likeness (QED) is 0.758. The van der Waals surface area contributed by atoms with Crippen LogP contribution in [0.25, 0.3) is 0 Å². The lowest BCUT2D eigenvalue weighted by Crippen LogP contribution is -2.46. The summed E-state index contributed by atoms with van der Waals surface area (Å²) in [4.78, 5) is 13.2. The fraction of sp³-hybridized carbons (Fsp3) is 0.467. The van der Waals surface area contributed by atoms with Gasteiger partial charge in [0.1, 0.15) is 0 Å². The van der Waals surface area contributed by atoms with Gasteiger partial charge in [0, 0.05) is 17.0 Å². The first-order chi connectivity index (χ1) is 9.56. The van der Waals surface area contributed by atoms with Gasteiger partial charge in [0.25, 0.3) is 5.91 Å². The maximum absolute atomic E-state index is 12.4. The van der Waals surface area contributed by atoms with E-state index in [2.05, 4.69) is 11.4 Å². The van der Waals surface area contributed by atoms with Gasteiger partial charge in [-0.05, 0) is 31.9 Å². The van der Waals surface area contributed by atoms with Crippen molar-refractivity contribution in [3.05, 3.63) is 29.8 Å². The highest BCUT2D eigenvalue weighted by Crippen LogP contribution is 2.23. The average Bonchev–Trinajstić information content (AvgIpc) is 2.45. The molecule has 1 rings (SSSR count). The van der Waals surface area contributed by atoms with Crippen molar-refractivity contribution in [1.29, 1.82) is 5.26 Å². The molecule has 1 aromatic carbocycles. The van der Waals surface area contributed by atoms with Gasteiger partial charge in [-0.1, -0.05) is 19.1 Å². The van der Waals surface area contributed by atoms with Crippen molar-refractivity contribution in [1.82, 2.24) is 5.32 Å². The molecule has 1 amide bonds. The lowest BCUT2D eigenvalue weighted by molar-refractivity contribution is 0.0883. The predicted octanol–water partition coefficient (Wildman–Crippen LogP) is 2.58. The molecule has 1 atom stereocenters. The molecule has 1 unspecified atom stereocenters. The van der Waals surface area contributed by atoms with Gasteiger partial charge in [0.2, 0.25) is 0 Å². The number of nitrogens with one attached hydrogen (secondary N) is 1. The summed E-state index contributed by atoms with van der Waals surface area (Å²) in [5.74, 6) is 0.148. The number of thioether (sulfide) groups is 1. The highest BCUT2D eigenvalue weighted by atomic mass is 32.2. The first-order valence-electron chi connectivity index (χ1n) is 6.58. The molecule has 108 valence electrons. The summed E-state index contributed by atoms with van der Waals surface area (Å²) in [5, 5.41) is 20.7. The number of carbonyl (C=O) groups excluding carboxylic acids is 1. The maximum atomic E-state index is 12.4. The first-order valence-corrected chi connectivity index (χ1v) is 7.57. The number of nitriles is 1. The second kappa shape index (κ2) is 7.93. The zero-order valence-corrected chi connectivity index (χ0v) is 12.7. The van der Waals surface area contributed by atoms with E-state index in [1.165, 1.54) is 11.8 Å². The Hall–Kier alpha value is -1.51. The van der Waals surface area contributed by atoms with E-state index in [1.54, 1.807) is 12.1 Å². The van der Waals surface area contributed by atoms with E-state index in [1.807, 2.05) is 26.0 Å². The molecule has 20 heavy (non-hydrogen) atoms. The van der Waals surface area contributed by atoms with Gasteiger partial charge in [-0.25, -0.2) is 0 Å². The van der Waals surface area contributed by atoms with Gasteiger partial charge >= 0.3 is 0 Å². The molecule has 0 saturated carbocycles. The Bertz CT molecular complexity index is 499. The lowest BCUT2D eigenvalue weighted by Gasteiger charge is -2.29. The van der Waals surface area contributed by atoms with Crippen LogP contribution in [0.3, 0.4) is 0 Å². The topological polar surface area (TPSA) is 73.1 Å². The summed E-state index contributed by atoms with van der Waals surface area (Å²) in [6.45, 7) is 3.94. The van der Waals surface area contributed by atoms with Crippen LogP contribution in [-0.2, 0) is 0 Å². The summed E-state index contributed by atoms with van der Waals surface area (Å²) in [7, 11) is 0. The summed E-state index contributed by atoms with van der Waals surface area (Å²) in [6, 6.07) is 9.31. The molecule has 2 N–H and O–H groups in total. The molecular formula is C15H20N2O2S. The van der Waals surface area contributed by atoms with Crippen LogP contribution in [0.1, 0.15) is 37.0 Å². The van der Waals surface area contributed by atoms with Crippen LogP contribution in [0.2, 0.25) is 0 Å². The van der Waals surface area contributed by atoms with E-state index >= 15 is 0 Å². The van der Waals surface area contributed by atoms with Crippen molar-refractivity contribution in [2.24, 2.45) is 0 Å². The molecule has 0 spiro atoms. The number of aliphatic hydroxyl groups is 1. The van der Waals surface area contributed by atoms with Crippen molar-refractivity contribution in [3.8, 4) is 6.07 Å². The highest BCUT2D eigenvalue weighted by molar-refractivity contribution is 7.99. The molecule has 0 fully saturated rings. The Balaban J connectivity index is 2.89. The lowest BCUT2D eigenvalue weighted by atomic mass is 9.94. The Kier molecular flexibility index (Phi) is 6.56. The number of rotatable bonds is 7. The van der Waals surface area contributed by atoms with Crippen LogP contribution in [0.4, 0.5) is 0 Å². The average molecular weight is 292 g/mol. The molecule has 0 aromatic heterocycles. The molecule has 0 aliphatic carbocycles. The van der Waals surface area contributed by atoms with E-state index in [0.717, 1.165) is 11.3 Å². The Morgan fingerprint density at radius 1 is 1.50 bits per heavy atom. The normalized spacial score (nSPS) is 13.3. The SMILES string of the molecule is CCC(C)(CCO)NC(=O)c1ccccc1SCC#N. The van der Waals surface area contributed by atoms with Crippen molar-refractivity contribution in [3.63, 3.8) is 0 Å². The van der Waals surface area contributed by atoms with Gasteiger partial charge in [0.05, 0.1) is 17.4 Å². The minimum atomic E-state index is -0.418. The van der Waals surface area contributed by atoms with Gasteiger partial charge in [0.15, 0.2) is 0 Å². The Morgan fingerprint density at radius 3 is 2.80 bits per heavy atom. The van der Waals surface area contributed by atoms with Crippen LogP contribution in [-0.4, -0.2) is 28.9 Å². The number of hydrogen-bond donors (Lipinski definition) is 2. The summed E-state index contributed by atoms with van der Waals surface area (Å²) >= 11 is 1.35. The fourth-order valence-corrected chi connectivity index (χ4v) is 2.52. The maximum Gasteiger partial charge on any atom is 0.252 e. The predicted molar refractivity (Wildman–Crippen MR) is 80.6 cm³/mol. The Morgan fingerprint density at radius 2 is 2.20 bits per heavy atom. The van der Waals surface area contributed by atoms with E-state index in [0.29, 0.717) is 17.7 Å². The van der Waals surface area contributed by atoms with Gasteiger partial charge < -0.3 is 10.4 Å². The van der Waals surface area contributed by atoms with Crippen molar-refractivity contribution in [2.75, 3.05) is 12.4 Å². The molecule has 0 bridgehead atoms. The number of carbonyl (C=O) groups is 1. The standard InChI is InChI=1S/C15H20N2O2S/c1-3-15(2,8-10-18)17-14(19)12-6-4-5-7-13(12)20-11-9-16/h4-7,18H,3,8,10-11H2,1-2H3,(H,17,19). The highest BCUT2D eigenvalue weighted by Gasteiger charge is 2.25. The zero-order valence-electron chi connectivity index (χ0n) is 11.8. The van der Waals surface area contributed by atoms with Gasteiger partial charge in [-0.3, -0.25) is 4.79 Å². The van der Waals surface area contributed by atoms with E-state index < -0.39 is 5.54 Å². The van der Waals surface area contributed by atoms with Crippen LogP contribution >= 0.6 is 11.8 Å². The molecule has 0 aliphatic rings. The molecule has 0 radical (unpaired) electrons. The molecule has 0 heterocycles. The summed E-state index contributed by atoms with van der Waals surface area (Å²) in [6.07, 6.45) is 1.26. The molecule has 1 aromatic rings. The largest absolute Gasteiger partial charge is 0.396 e. The van der Waals surface area contributed by atoms with Gasteiger partial charge in [-0.15, -0.1) is 11.8 Å². The van der Waals surface area contributed by atoms with Crippen LogP contribution in [0.5, 0.6) is 0 Å². The van der Waals surface area contributed by atoms with Gasteiger partial charge in [-0.2, -0.15) is 5.26 Å². The number of benzene rings is 1. The number of amides is 1. The van der Waals surface area contributed by atoms with Crippen LogP contribution in [0.15, 0.2) is 29.2 Å². The second-order valence-electron chi connectivity index (χ2n) is 4.78. The summed E-state index contributed by atoms with van der Waals surface area (Å²) < 4.78 is 0. The Labute approximate surface area is 124 Å². The van der Waals surface area contributed by atoms with Crippen LogP contribution < -0.4 is 5.32 Å². The fourth-order valence-electron chi connectivity index (χ4n) is 1.81. The van der Waals surface area contributed by atoms with Crippen molar-refractivity contribution in [2.45, 2.75) is 37.1 Å². The van der Waals surface area contributed by atoms with E-state index in [4.69, 9.17) is 10.4 Å². The second-order valence-corrected chi connectivity index (χ2v) is 5.80. The molecule has 0 aliphatic heterocycles. The van der Waals surface area contributed by atoms with Crippen molar-refractivity contribution < 1.29 is 9.90 Å². The zero-order chi connectivity index (χ0) is 15.0. The third kappa shape index (κ3) is 4.55. The third-order valence-electron chi connectivity index (χ3n) is 3.28. The van der Waals surface area contributed by atoms with E-state index in [9.17, 15) is 4.79 Å². The van der Waals surface area contributed by atoms with E-state index in [-0.39, 0.29) is 12.5 Å². The third-order valence-corrected chi connectivity index (χ3v) is 4.22. The smallest absolute Gasteiger partial charge is 0.252 e. The molecule has 5 heteroatoms. The number of aliphatic hydroxyl groups excluding tert-OH is 1. The molecule has 0 saturated heterocycles.